The van der Waals surface area contributed by atoms with Gasteiger partial charge in [0.25, 0.3) is 11.8 Å². The molecule has 10 nitrogen and oxygen atoms in total. The number of carbonyl (C=O) groups is 3. The molecule has 0 unspecified atom stereocenters. The van der Waals surface area contributed by atoms with E-state index in [0.717, 1.165) is 22.0 Å². The van der Waals surface area contributed by atoms with Crippen LogP contribution in [0, 0.1) is 0 Å². The summed E-state index contributed by atoms with van der Waals surface area (Å²) >= 11 is 0. The number of hydrogen-bond acceptors (Lipinski definition) is 6. The molecule has 2 aliphatic rings. The molecule has 35 heavy (non-hydrogen) atoms. The number of rotatable bonds is 5. The predicted octanol–water partition coefficient (Wildman–Crippen LogP) is 2.53. The lowest BCUT2D eigenvalue weighted by molar-refractivity contribution is -0.125. The summed E-state index contributed by atoms with van der Waals surface area (Å²) < 4.78 is 12.9. The maximum absolute atomic E-state index is 13.2. The van der Waals surface area contributed by atoms with E-state index in [1.165, 1.54) is 12.0 Å². The minimum Gasteiger partial charge on any atom is -0.497 e. The molecule has 4 heterocycles. The van der Waals surface area contributed by atoms with E-state index < -0.39 is 17.5 Å². The van der Waals surface area contributed by atoms with Crippen LogP contribution in [0.1, 0.15) is 21.7 Å². The van der Waals surface area contributed by atoms with Crippen molar-refractivity contribution < 1.29 is 23.6 Å². The molecule has 0 aliphatic carbocycles. The fraction of sp³-hybridized carbons (Fsp3) is 0.200. The maximum atomic E-state index is 13.2. The molecule has 0 saturated carbocycles. The monoisotopic (exact) mass is 471 g/mol. The molecule has 1 atom stereocenters. The first-order valence-electron chi connectivity index (χ1n) is 11.0. The second kappa shape index (κ2) is 7.45. The third-order valence-corrected chi connectivity index (χ3v) is 6.67. The van der Waals surface area contributed by atoms with Crippen LogP contribution >= 0.6 is 0 Å². The van der Waals surface area contributed by atoms with Gasteiger partial charge in [-0.05, 0) is 23.8 Å². The third kappa shape index (κ3) is 3.10. The highest BCUT2D eigenvalue weighted by atomic mass is 16.5. The number of para-hydroxylation sites is 1. The molecular formula is C25H21N5O5. The standard InChI is InChI=1S/C25H21N5O5/c1-29-12-18(16-5-3-4-6-20(16)29)19-10-21(35-28-19)25(23(32)26-24(33)27-25)13-30-11-14-7-8-15(34-2)9-17(14)22(30)31/h3-10,12H,11,13H2,1-2H3,(H2,26,27,32,33)/t25-/m0/s1. The molecule has 176 valence electrons. The van der Waals surface area contributed by atoms with Gasteiger partial charge >= 0.3 is 6.03 Å². The molecule has 2 aromatic carbocycles. The van der Waals surface area contributed by atoms with Crippen LogP contribution in [0.5, 0.6) is 5.75 Å². The Morgan fingerprint density at radius 3 is 2.71 bits per heavy atom. The van der Waals surface area contributed by atoms with Gasteiger partial charge in [-0.3, -0.25) is 14.9 Å². The Morgan fingerprint density at radius 2 is 1.94 bits per heavy atom. The summed E-state index contributed by atoms with van der Waals surface area (Å²) in [7, 11) is 3.47. The first kappa shape index (κ1) is 21.0. The summed E-state index contributed by atoms with van der Waals surface area (Å²) in [5.41, 5.74) is 2.06. The number of nitrogens with zero attached hydrogens (tertiary/aromatic N) is 3. The Morgan fingerprint density at radius 1 is 1.11 bits per heavy atom. The zero-order valence-corrected chi connectivity index (χ0v) is 19.0. The van der Waals surface area contributed by atoms with Gasteiger partial charge in [0.1, 0.15) is 11.4 Å². The molecule has 10 heteroatoms. The van der Waals surface area contributed by atoms with Crippen molar-refractivity contribution in [2.45, 2.75) is 12.1 Å². The molecule has 4 amide bonds. The number of urea groups is 1. The zero-order chi connectivity index (χ0) is 24.3. The van der Waals surface area contributed by atoms with Gasteiger partial charge in [0.05, 0.1) is 13.7 Å². The van der Waals surface area contributed by atoms with Crippen LogP contribution in [0.4, 0.5) is 4.79 Å². The number of fused-ring (bicyclic) bond motifs is 2. The number of aromatic nitrogens is 2. The van der Waals surface area contributed by atoms with E-state index in [1.807, 2.05) is 48.1 Å². The number of methoxy groups -OCH3 is 1. The third-order valence-electron chi connectivity index (χ3n) is 6.67. The molecule has 1 saturated heterocycles. The number of benzene rings is 2. The number of hydrogen-bond donors (Lipinski definition) is 2. The lowest BCUT2D eigenvalue weighted by Crippen LogP contribution is -2.52. The van der Waals surface area contributed by atoms with Crippen molar-refractivity contribution in [3.63, 3.8) is 0 Å². The molecule has 6 rings (SSSR count). The molecule has 0 spiro atoms. The normalized spacial score (nSPS) is 19.3. The van der Waals surface area contributed by atoms with Gasteiger partial charge in [0, 0.05) is 47.9 Å². The second-order valence-electron chi connectivity index (χ2n) is 8.75. The molecule has 0 bridgehead atoms. The molecule has 0 radical (unpaired) electrons. The van der Waals surface area contributed by atoms with Crippen molar-refractivity contribution in [1.82, 2.24) is 25.3 Å². The minimum absolute atomic E-state index is 0.120. The van der Waals surface area contributed by atoms with E-state index in [0.29, 0.717) is 17.0 Å². The average Bonchev–Trinajstić information content (AvgIpc) is 3.60. The maximum Gasteiger partial charge on any atom is 0.322 e. The first-order chi connectivity index (χ1) is 16.9. The van der Waals surface area contributed by atoms with Crippen LogP contribution < -0.4 is 15.4 Å². The zero-order valence-electron chi connectivity index (χ0n) is 19.0. The Hall–Kier alpha value is -4.60. The van der Waals surface area contributed by atoms with Crippen LogP contribution in [0.3, 0.4) is 0 Å². The van der Waals surface area contributed by atoms with Crippen LogP contribution in [-0.4, -0.2) is 46.1 Å². The molecule has 1 fully saturated rings. The number of imide groups is 1. The molecular weight excluding hydrogens is 450 g/mol. The Kier molecular flexibility index (Phi) is 4.47. The topological polar surface area (TPSA) is 119 Å². The predicted molar refractivity (Wildman–Crippen MR) is 125 cm³/mol. The van der Waals surface area contributed by atoms with Gasteiger partial charge in [-0.1, -0.05) is 29.4 Å². The van der Waals surface area contributed by atoms with Crippen LogP contribution in [0.25, 0.3) is 22.2 Å². The number of ether oxygens (including phenoxy) is 1. The van der Waals surface area contributed by atoms with E-state index in [9.17, 15) is 14.4 Å². The number of amides is 4. The first-order valence-corrected chi connectivity index (χ1v) is 11.0. The largest absolute Gasteiger partial charge is 0.497 e. The minimum atomic E-state index is -1.62. The number of aryl methyl sites for hydroxylation is 1. The van der Waals surface area contributed by atoms with Crippen molar-refractivity contribution in [1.29, 1.82) is 0 Å². The highest BCUT2D eigenvalue weighted by molar-refractivity contribution is 6.08. The van der Waals surface area contributed by atoms with Crippen molar-refractivity contribution in [3.05, 3.63) is 71.6 Å². The number of nitrogens with one attached hydrogen (secondary N) is 2. The Bertz CT molecular complexity index is 1540. The van der Waals surface area contributed by atoms with Crippen LogP contribution in [0.2, 0.25) is 0 Å². The van der Waals surface area contributed by atoms with Gasteiger partial charge in [0.15, 0.2) is 11.3 Å². The lowest BCUT2D eigenvalue weighted by Gasteiger charge is -2.28. The quantitative estimate of drug-likeness (QED) is 0.432. The summed E-state index contributed by atoms with van der Waals surface area (Å²) in [5, 5.41) is 10.1. The molecule has 4 aromatic rings. The fourth-order valence-electron chi connectivity index (χ4n) is 4.88. The second-order valence-corrected chi connectivity index (χ2v) is 8.75. The molecule has 2 aliphatic heterocycles. The number of carbonyl (C=O) groups excluding carboxylic acids is 3. The summed E-state index contributed by atoms with van der Waals surface area (Å²) in [6.45, 7) is 0.165. The van der Waals surface area contributed by atoms with Crippen LogP contribution in [-0.2, 0) is 23.9 Å². The summed E-state index contributed by atoms with van der Waals surface area (Å²) in [4.78, 5) is 40.0. The van der Waals surface area contributed by atoms with Gasteiger partial charge in [-0.15, -0.1) is 0 Å². The lowest BCUT2D eigenvalue weighted by atomic mass is 9.94. The highest BCUT2D eigenvalue weighted by Gasteiger charge is 2.53. The summed E-state index contributed by atoms with van der Waals surface area (Å²) in [6.07, 6.45) is 1.93. The highest BCUT2D eigenvalue weighted by Crippen LogP contribution is 2.36. The molecule has 2 N–H and O–H groups in total. The SMILES string of the molecule is COc1ccc2c(c1)C(=O)N(C[C@@]1(c3cc(-c4cn(C)c5ccccc45)no3)NC(=O)NC1=O)C2. The van der Waals surface area contributed by atoms with E-state index >= 15 is 0 Å². The Balaban J connectivity index is 1.38. The van der Waals surface area contributed by atoms with Gasteiger partial charge in [0.2, 0.25) is 0 Å². The average molecular weight is 471 g/mol. The van der Waals surface area contributed by atoms with Crippen molar-refractivity contribution in [2.75, 3.05) is 13.7 Å². The van der Waals surface area contributed by atoms with Crippen LogP contribution in [0.15, 0.2) is 59.3 Å². The molecule has 2 aromatic heterocycles. The van der Waals surface area contributed by atoms with Gasteiger partial charge in [-0.2, -0.15) is 0 Å². The van der Waals surface area contributed by atoms with Crippen molar-refractivity contribution >= 4 is 28.7 Å². The van der Waals surface area contributed by atoms with E-state index in [1.54, 1.807) is 18.2 Å². The van der Waals surface area contributed by atoms with E-state index in [4.69, 9.17) is 9.26 Å². The fourth-order valence-corrected chi connectivity index (χ4v) is 4.88. The van der Waals surface area contributed by atoms with Crippen molar-refractivity contribution in [3.8, 4) is 17.0 Å². The van der Waals surface area contributed by atoms with Gasteiger partial charge in [-0.25, -0.2) is 4.79 Å². The summed E-state index contributed by atoms with van der Waals surface area (Å²) in [6, 6.07) is 14.1. The van der Waals surface area contributed by atoms with E-state index in [-0.39, 0.29) is 24.8 Å². The Labute approximate surface area is 199 Å². The van der Waals surface area contributed by atoms with Crippen molar-refractivity contribution in [2.24, 2.45) is 7.05 Å². The van der Waals surface area contributed by atoms with Gasteiger partial charge < -0.3 is 24.0 Å². The summed E-state index contributed by atoms with van der Waals surface area (Å²) in [5.74, 6) is -0.161. The van der Waals surface area contributed by atoms with E-state index in [2.05, 4.69) is 15.8 Å². The smallest absolute Gasteiger partial charge is 0.322 e.